The van der Waals surface area contributed by atoms with Crippen LogP contribution in [-0.2, 0) is 11.8 Å². The molecule has 0 atom stereocenters. The molecule has 0 spiro atoms. The summed E-state index contributed by atoms with van der Waals surface area (Å²) in [6.45, 7) is 0.980. The van der Waals surface area contributed by atoms with Crippen LogP contribution in [0.25, 0.3) is 5.82 Å². The van der Waals surface area contributed by atoms with Gasteiger partial charge in [0.2, 0.25) is 6.41 Å². The van der Waals surface area contributed by atoms with Gasteiger partial charge < -0.3 is 9.88 Å². The van der Waals surface area contributed by atoms with E-state index in [1.165, 1.54) is 4.80 Å². The van der Waals surface area contributed by atoms with E-state index in [2.05, 4.69) is 31.6 Å². The summed E-state index contributed by atoms with van der Waals surface area (Å²) in [5.41, 5.74) is 4.97. The molecule has 2 aromatic heterocycles. The van der Waals surface area contributed by atoms with Crippen molar-refractivity contribution >= 4 is 12.3 Å². The van der Waals surface area contributed by atoms with Crippen LogP contribution in [0.15, 0.2) is 18.3 Å². The average molecular weight is 292 g/mol. The molecule has 0 saturated carbocycles. The molecule has 2 amide bonds. The summed E-state index contributed by atoms with van der Waals surface area (Å²) in [5, 5.41) is 14.3. The van der Waals surface area contributed by atoms with Crippen molar-refractivity contribution in [2.75, 3.05) is 13.1 Å². The average Bonchev–Trinajstić information content (AvgIpc) is 3.11. The number of rotatable bonds is 8. The summed E-state index contributed by atoms with van der Waals surface area (Å²) in [6, 6.07) is 3.66. The highest BCUT2D eigenvalue weighted by molar-refractivity contribution is 5.90. The zero-order valence-electron chi connectivity index (χ0n) is 11.5. The molecule has 2 heterocycles. The molecule has 112 valence electrons. The number of carbonyl (C=O) groups is 2. The van der Waals surface area contributed by atoms with Crippen LogP contribution >= 0.6 is 0 Å². The number of carbonyl (C=O) groups excluding carboxylic acids is 2. The SMILES string of the molecule is Cn1cccc1-n1nnc(C(=O)NCCCNNC=O)n1. The fourth-order valence-corrected chi connectivity index (χ4v) is 1.63. The molecule has 0 unspecified atom stereocenters. The van der Waals surface area contributed by atoms with Crippen LogP contribution in [-0.4, -0.2) is 50.2 Å². The molecule has 10 nitrogen and oxygen atoms in total. The summed E-state index contributed by atoms with van der Waals surface area (Å²) in [7, 11) is 1.85. The van der Waals surface area contributed by atoms with Crippen LogP contribution in [0.1, 0.15) is 17.0 Å². The van der Waals surface area contributed by atoms with E-state index in [0.29, 0.717) is 31.7 Å². The van der Waals surface area contributed by atoms with Crippen molar-refractivity contribution in [1.29, 1.82) is 0 Å². The van der Waals surface area contributed by atoms with Crippen molar-refractivity contribution in [3.8, 4) is 5.82 Å². The summed E-state index contributed by atoms with van der Waals surface area (Å²) >= 11 is 0. The van der Waals surface area contributed by atoms with Crippen LogP contribution in [0.4, 0.5) is 0 Å². The predicted molar refractivity (Wildman–Crippen MR) is 72.3 cm³/mol. The Morgan fingerprint density at radius 2 is 2.29 bits per heavy atom. The number of nitrogens with zero attached hydrogens (tertiary/aromatic N) is 5. The minimum absolute atomic E-state index is 0.00942. The molecule has 0 fully saturated rings. The Kier molecular flexibility index (Phi) is 4.99. The van der Waals surface area contributed by atoms with Gasteiger partial charge in [-0.2, -0.15) is 0 Å². The van der Waals surface area contributed by atoms with Crippen molar-refractivity contribution in [3.05, 3.63) is 24.2 Å². The number of nitrogens with one attached hydrogen (secondary N) is 3. The van der Waals surface area contributed by atoms with Gasteiger partial charge in [-0.25, -0.2) is 5.43 Å². The van der Waals surface area contributed by atoms with E-state index in [1.54, 1.807) is 0 Å². The van der Waals surface area contributed by atoms with E-state index in [1.807, 2.05) is 29.9 Å². The molecule has 2 rings (SSSR count). The van der Waals surface area contributed by atoms with Gasteiger partial charge in [0.15, 0.2) is 5.82 Å². The quantitative estimate of drug-likeness (QED) is 0.305. The Bertz CT molecular complexity index is 605. The van der Waals surface area contributed by atoms with E-state index in [9.17, 15) is 9.59 Å². The minimum Gasteiger partial charge on any atom is -0.349 e. The molecule has 0 aliphatic rings. The van der Waals surface area contributed by atoms with Crippen LogP contribution in [0, 0.1) is 0 Å². The van der Waals surface area contributed by atoms with Crippen molar-refractivity contribution in [2.45, 2.75) is 6.42 Å². The highest BCUT2D eigenvalue weighted by Crippen LogP contribution is 2.03. The maximum absolute atomic E-state index is 11.8. The van der Waals surface area contributed by atoms with Gasteiger partial charge in [-0.05, 0) is 23.8 Å². The minimum atomic E-state index is -0.390. The maximum Gasteiger partial charge on any atom is 0.292 e. The predicted octanol–water partition coefficient (Wildman–Crippen LogP) is -1.63. The van der Waals surface area contributed by atoms with Crippen LogP contribution in [0.2, 0.25) is 0 Å². The Hall–Kier alpha value is -2.75. The summed E-state index contributed by atoms with van der Waals surface area (Å²) in [4.78, 5) is 23.1. The van der Waals surface area contributed by atoms with Crippen molar-refractivity contribution < 1.29 is 9.59 Å². The van der Waals surface area contributed by atoms with Gasteiger partial charge in [-0.15, -0.1) is 15.0 Å². The summed E-state index contributed by atoms with van der Waals surface area (Å²) < 4.78 is 1.81. The van der Waals surface area contributed by atoms with Gasteiger partial charge in [0.05, 0.1) is 0 Å². The van der Waals surface area contributed by atoms with E-state index in [0.717, 1.165) is 0 Å². The molecule has 0 radical (unpaired) electrons. The molecule has 2 aromatic rings. The second kappa shape index (κ2) is 7.14. The summed E-state index contributed by atoms with van der Waals surface area (Å²) in [6.07, 6.45) is 3.04. The summed E-state index contributed by atoms with van der Waals surface area (Å²) in [5.74, 6) is 0.333. The van der Waals surface area contributed by atoms with Crippen LogP contribution in [0.5, 0.6) is 0 Å². The molecule has 0 bridgehead atoms. The number of hydrogen-bond acceptors (Lipinski definition) is 6. The van der Waals surface area contributed by atoms with Gasteiger partial charge in [0, 0.05) is 26.3 Å². The third kappa shape index (κ3) is 3.86. The van der Waals surface area contributed by atoms with Crippen LogP contribution < -0.4 is 16.2 Å². The molecule has 0 aromatic carbocycles. The second-order valence-electron chi connectivity index (χ2n) is 4.18. The number of tetrazole rings is 1. The molecule has 10 heteroatoms. The highest BCUT2D eigenvalue weighted by Gasteiger charge is 2.13. The van der Waals surface area contributed by atoms with Gasteiger partial charge in [-0.3, -0.25) is 15.0 Å². The lowest BCUT2D eigenvalue weighted by Crippen LogP contribution is -2.34. The smallest absolute Gasteiger partial charge is 0.292 e. The molecular formula is C11H16N8O2. The van der Waals surface area contributed by atoms with E-state index < -0.39 is 0 Å². The standard InChI is InChI=1S/C11H16N8O2/c1-18-7-2-4-9(18)19-16-10(15-17-19)11(21)12-5-3-6-13-14-8-20/h2,4,7-8,13H,3,5-6H2,1H3,(H,12,21)(H,14,20). The number of hydrogen-bond donors (Lipinski definition) is 3. The van der Waals surface area contributed by atoms with E-state index >= 15 is 0 Å². The largest absolute Gasteiger partial charge is 0.349 e. The molecule has 0 aliphatic heterocycles. The third-order valence-corrected chi connectivity index (χ3v) is 2.66. The fraction of sp³-hybridized carbons (Fsp3) is 0.364. The molecule has 21 heavy (non-hydrogen) atoms. The molecular weight excluding hydrogens is 276 g/mol. The number of aryl methyl sites for hydroxylation is 1. The molecule has 0 aliphatic carbocycles. The molecule has 0 saturated heterocycles. The Morgan fingerprint density at radius 3 is 3.00 bits per heavy atom. The topological polar surface area (TPSA) is 119 Å². The fourth-order valence-electron chi connectivity index (χ4n) is 1.63. The normalized spacial score (nSPS) is 10.3. The first-order valence-electron chi connectivity index (χ1n) is 6.34. The first-order chi connectivity index (χ1) is 10.2. The van der Waals surface area contributed by atoms with E-state index in [4.69, 9.17) is 0 Å². The lowest BCUT2D eigenvalue weighted by molar-refractivity contribution is -0.110. The maximum atomic E-state index is 11.8. The lowest BCUT2D eigenvalue weighted by Gasteiger charge is -2.03. The second-order valence-corrected chi connectivity index (χ2v) is 4.18. The van der Waals surface area contributed by atoms with Crippen LogP contribution in [0.3, 0.4) is 0 Å². The first-order valence-corrected chi connectivity index (χ1v) is 6.34. The Balaban J connectivity index is 1.82. The monoisotopic (exact) mass is 292 g/mol. The number of amides is 2. The Morgan fingerprint density at radius 1 is 1.43 bits per heavy atom. The van der Waals surface area contributed by atoms with E-state index in [-0.39, 0.29) is 11.7 Å². The van der Waals surface area contributed by atoms with Gasteiger partial charge in [-0.1, -0.05) is 0 Å². The van der Waals surface area contributed by atoms with Gasteiger partial charge in [0.25, 0.3) is 11.7 Å². The Labute approximate surface area is 120 Å². The highest BCUT2D eigenvalue weighted by atomic mass is 16.2. The van der Waals surface area contributed by atoms with Crippen molar-refractivity contribution in [2.24, 2.45) is 7.05 Å². The zero-order valence-corrected chi connectivity index (χ0v) is 11.5. The molecule has 3 N–H and O–H groups in total. The number of hydrazine groups is 1. The number of aromatic nitrogens is 5. The third-order valence-electron chi connectivity index (χ3n) is 2.66. The van der Waals surface area contributed by atoms with Crippen molar-refractivity contribution in [1.82, 2.24) is 40.9 Å². The van der Waals surface area contributed by atoms with Crippen molar-refractivity contribution in [3.63, 3.8) is 0 Å². The lowest BCUT2D eigenvalue weighted by atomic mass is 10.4. The zero-order chi connectivity index (χ0) is 15.1. The van der Waals surface area contributed by atoms with Gasteiger partial charge >= 0.3 is 0 Å². The first kappa shape index (κ1) is 14.7. The van der Waals surface area contributed by atoms with Gasteiger partial charge in [0.1, 0.15) is 0 Å².